The van der Waals surface area contributed by atoms with E-state index in [1.807, 2.05) is 75.4 Å². The number of anilines is 1. The van der Waals surface area contributed by atoms with Gasteiger partial charge in [0.1, 0.15) is 12.6 Å². The maximum absolute atomic E-state index is 14.2. The van der Waals surface area contributed by atoms with Gasteiger partial charge in [0.25, 0.3) is 0 Å². The first kappa shape index (κ1) is 32.5. The molecular formula is C32H41N3O6S. The van der Waals surface area contributed by atoms with Crippen LogP contribution in [0.4, 0.5) is 5.69 Å². The summed E-state index contributed by atoms with van der Waals surface area (Å²) in [5.74, 6) is -0.0733. The van der Waals surface area contributed by atoms with Gasteiger partial charge in [-0.1, -0.05) is 67.1 Å². The molecule has 0 aliphatic heterocycles. The van der Waals surface area contributed by atoms with Gasteiger partial charge >= 0.3 is 0 Å². The summed E-state index contributed by atoms with van der Waals surface area (Å²) in [4.78, 5) is 29.4. The summed E-state index contributed by atoms with van der Waals surface area (Å²) in [6.45, 7) is 5.46. The zero-order valence-corrected chi connectivity index (χ0v) is 26.0. The lowest BCUT2D eigenvalue weighted by molar-refractivity contribution is -0.140. The average molecular weight is 596 g/mol. The van der Waals surface area contributed by atoms with Gasteiger partial charge in [0.15, 0.2) is 11.5 Å². The molecule has 0 saturated carbocycles. The first-order valence-corrected chi connectivity index (χ1v) is 15.7. The second kappa shape index (κ2) is 14.7. The van der Waals surface area contributed by atoms with Crippen molar-refractivity contribution in [2.45, 2.75) is 52.2 Å². The minimum Gasteiger partial charge on any atom is -0.493 e. The van der Waals surface area contributed by atoms with Gasteiger partial charge in [0.05, 0.1) is 26.2 Å². The van der Waals surface area contributed by atoms with E-state index >= 15 is 0 Å². The van der Waals surface area contributed by atoms with Crippen LogP contribution in [-0.2, 0) is 32.6 Å². The van der Waals surface area contributed by atoms with Crippen LogP contribution in [0.15, 0.2) is 72.8 Å². The molecule has 3 rings (SSSR count). The average Bonchev–Trinajstić information content (AvgIpc) is 2.97. The summed E-state index contributed by atoms with van der Waals surface area (Å²) in [5, 5.41) is 3.03. The molecular weight excluding hydrogens is 554 g/mol. The molecule has 226 valence electrons. The fourth-order valence-electron chi connectivity index (χ4n) is 4.48. The normalized spacial score (nSPS) is 12.6. The fourth-order valence-corrected chi connectivity index (χ4v) is 5.32. The van der Waals surface area contributed by atoms with Crippen LogP contribution in [0.25, 0.3) is 0 Å². The Balaban J connectivity index is 2.07. The zero-order chi connectivity index (χ0) is 30.9. The zero-order valence-electron chi connectivity index (χ0n) is 25.2. The Kier molecular flexibility index (Phi) is 11.4. The molecule has 2 amide bonds. The molecule has 0 saturated heterocycles. The summed E-state index contributed by atoms with van der Waals surface area (Å²) in [6, 6.07) is 20.8. The number of amides is 2. The van der Waals surface area contributed by atoms with Crippen LogP contribution in [-0.4, -0.2) is 64.2 Å². The summed E-state index contributed by atoms with van der Waals surface area (Å²) >= 11 is 0. The molecule has 0 aliphatic carbocycles. The number of carbonyl (C=O) groups excluding carboxylic acids is 2. The summed E-state index contributed by atoms with van der Waals surface area (Å²) in [5.41, 5.74) is 3.00. The molecule has 0 aliphatic rings. The molecule has 3 aromatic rings. The second-order valence-corrected chi connectivity index (χ2v) is 12.2. The van der Waals surface area contributed by atoms with Gasteiger partial charge in [-0.25, -0.2) is 8.42 Å². The molecule has 42 heavy (non-hydrogen) atoms. The molecule has 0 fully saturated rings. The molecule has 3 aromatic carbocycles. The summed E-state index contributed by atoms with van der Waals surface area (Å²) in [6.07, 6.45) is 2.02. The van der Waals surface area contributed by atoms with E-state index in [0.717, 1.165) is 33.7 Å². The Morgan fingerprint density at radius 2 is 1.55 bits per heavy atom. The first-order valence-electron chi connectivity index (χ1n) is 13.9. The SMILES string of the molecule is CCC(C)NC(=O)C(Cc1ccccc1)N(Cc1ccc(C)cc1)C(=O)CN(c1ccc(OC)c(OC)c1)S(C)(=O)=O. The van der Waals surface area contributed by atoms with Crippen LogP contribution in [0.3, 0.4) is 0 Å². The minimum absolute atomic E-state index is 0.105. The van der Waals surface area contributed by atoms with Gasteiger partial charge in [-0.2, -0.15) is 0 Å². The van der Waals surface area contributed by atoms with Gasteiger partial charge in [-0.15, -0.1) is 0 Å². The van der Waals surface area contributed by atoms with Crippen LogP contribution >= 0.6 is 0 Å². The number of sulfonamides is 1. The molecule has 9 nitrogen and oxygen atoms in total. The fraction of sp³-hybridized carbons (Fsp3) is 0.375. The smallest absolute Gasteiger partial charge is 0.244 e. The van der Waals surface area contributed by atoms with Crippen LogP contribution in [0.2, 0.25) is 0 Å². The monoisotopic (exact) mass is 595 g/mol. The number of hydrogen-bond acceptors (Lipinski definition) is 6. The van der Waals surface area contributed by atoms with Crippen molar-refractivity contribution in [3.63, 3.8) is 0 Å². The number of carbonyl (C=O) groups is 2. The van der Waals surface area contributed by atoms with Crippen molar-refractivity contribution < 1.29 is 27.5 Å². The van der Waals surface area contributed by atoms with Crippen molar-refractivity contribution in [1.82, 2.24) is 10.2 Å². The van der Waals surface area contributed by atoms with Crippen LogP contribution in [0.5, 0.6) is 11.5 Å². The maximum Gasteiger partial charge on any atom is 0.244 e. The van der Waals surface area contributed by atoms with Crippen LogP contribution < -0.4 is 19.1 Å². The Bertz CT molecular complexity index is 1440. The lowest BCUT2D eigenvalue weighted by atomic mass is 10.0. The standard InChI is InChI=1S/C32H41N3O6S/c1-7-24(3)33-32(37)28(19-25-11-9-8-10-12-25)34(21-26-15-13-23(2)14-16-26)31(36)22-35(42(6,38)39)27-17-18-29(40-4)30(20-27)41-5/h8-18,20,24,28H,7,19,21-22H2,1-6H3,(H,33,37). The number of rotatable bonds is 14. The van der Waals surface area contributed by atoms with Crippen molar-refractivity contribution >= 4 is 27.5 Å². The van der Waals surface area contributed by atoms with Crippen molar-refractivity contribution in [3.8, 4) is 11.5 Å². The topological polar surface area (TPSA) is 105 Å². The summed E-state index contributed by atoms with van der Waals surface area (Å²) in [7, 11) is -0.977. The quantitative estimate of drug-likeness (QED) is 0.298. The minimum atomic E-state index is -3.91. The molecule has 10 heteroatoms. The first-order chi connectivity index (χ1) is 20.0. The highest BCUT2D eigenvalue weighted by atomic mass is 32.2. The highest BCUT2D eigenvalue weighted by molar-refractivity contribution is 7.92. The van der Waals surface area contributed by atoms with E-state index in [1.165, 1.54) is 25.2 Å². The molecule has 0 spiro atoms. The Morgan fingerprint density at radius 3 is 2.12 bits per heavy atom. The van der Waals surface area contributed by atoms with E-state index in [9.17, 15) is 18.0 Å². The van der Waals surface area contributed by atoms with Gasteiger partial charge < -0.3 is 19.7 Å². The van der Waals surface area contributed by atoms with E-state index in [-0.39, 0.29) is 30.6 Å². The molecule has 2 atom stereocenters. The molecule has 0 radical (unpaired) electrons. The Hall–Kier alpha value is -4.05. The van der Waals surface area contributed by atoms with E-state index in [0.29, 0.717) is 11.5 Å². The van der Waals surface area contributed by atoms with Crippen molar-refractivity contribution in [1.29, 1.82) is 0 Å². The number of methoxy groups -OCH3 is 2. The third kappa shape index (κ3) is 8.72. The third-order valence-electron chi connectivity index (χ3n) is 7.08. The largest absolute Gasteiger partial charge is 0.493 e. The molecule has 0 bridgehead atoms. The van der Waals surface area contributed by atoms with Gasteiger partial charge in [-0.05, 0) is 43.5 Å². The third-order valence-corrected chi connectivity index (χ3v) is 8.22. The number of nitrogens with one attached hydrogen (secondary N) is 1. The van der Waals surface area contributed by atoms with Crippen molar-refractivity contribution in [2.24, 2.45) is 0 Å². The highest BCUT2D eigenvalue weighted by Crippen LogP contribution is 2.32. The predicted molar refractivity (Wildman–Crippen MR) is 165 cm³/mol. The van der Waals surface area contributed by atoms with Gasteiger partial charge in [-0.3, -0.25) is 13.9 Å². The van der Waals surface area contributed by atoms with Gasteiger partial charge in [0.2, 0.25) is 21.8 Å². The lowest BCUT2D eigenvalue weighted by Gasteiger charge is -2.34. The van der Waals surface area contributed by atoms with E-state index in [4.69, 9.17) is 9.47 Å². The van der Waals surface area contributed by atoms with E-state index in [2.05, 4.69) is 5.32 Å². The number of ether oxygens (including phenoxy) is 2. The Labute approximate surface area is 249 Å². The van der Waals surface area contributed by atoms with Gasteiger partial charge in [0, 0.05) is 25.1 Å². The van der Waals surface area contributed by atoms with Crippen LogP contribution in [0, 0.1) is 6.92 Å². The predicted octanol–water partition coefficient (Wildman–Crippen LogP) is 4.33. The second-order valence-electron chi connectivity index (χ2n) is 10.3. The molecule has 2 unspecified atom stereocenters. The van der Waals surface area contributed by atoms with E-state index in [1.54, 1.807) is 12.1 Å². The molecule has 1 N–H and O–H groups in total. The molecule has 0 heterocycles. The Morgan fingerprint density at radius 1 is 0.905 bits per heavy atom. The maximum atomic E-state index is 14.2. The lowest BCUT2D eigenvalue weighted by Crippen LogP contribution is -2.54. The van der Waals surface area contributed by atoms with Crippen molar-refractivity contribution in [2.75, 3.05) is 31.3 Å². The number of hydrogen-bond donors (Lipinski definition) is 1. The summed E-state index contributed by atoms with van der Waals surface area (Å²) < 4.78 is 37.7. The number of nitrogens with zero attached hydrogens (tertiary/aromatic N) is 2. The number of benzene rings is 3. The van der Waals surface area contributed by atoms with Crippen LogP contribution in [0.1, 0.15) is 37.0 Å². The molecule has 0 aromatic heterocycles. The van der Waals surface area contributed by atoms with E-state index < -0.39 is 28.5 Å². The number of aryl methyl sites for hydroxylation is 1. The van der Waals surface area contributed by atoms with Crippen molar-refractivity contribution in [3.05, 3.63) is 89.5 Å². The highest BCUT2D eigenvalue weighted by Gasteiger charge is 2.33.